The average molecular weight is 344 g/mol. The molecule has 0 bridgehead atoms. The molecule has 0 aromatic carbocycles. The van der Waals surface area contributed by atoms with Crippen LogP contribution in [0.3, 0.4) is 0 Å². The quantitative estimate of drug-likeness (QED) is 0.706. The summed E-state index contributed by atoms with van der Waals surface area (Å²) in [6, 6.07) is 6.00. The molecule has 3 aromatic heterocycles. The number of piperidine rings is 1. The van der Waals surface area contributed by atoms with Crippen molar-refractivity contribution in [1.82, 2.24) is 24.0 Å². The lowest BCUT2D eigenvalue weighted by molar-refractivity contribution is 0.201. The summed E-state index contributed by atoms with van der Waals surface area (Å²) in [6.45, 7) is 2.59. The minimum absolute atomic E-state index is 0.363. The van der Waals surface area contributed by atoms with E-state index >= 15 is 0 Å². The second-order valence-electron chi connectivity index (χ2n) is 6.01. The van der Waals surface area contributed by atoms with Crippen molar-refractivity contribution < 1.29 is 4.74 Å². The van der Waals surface area contributed by atoms with E-state index in [0.29, 0.717) is 12.5 Å². The summed E-state index contributed by atoms with van der Waals surface area (Å²) in [5.41, 5.74) is 0.905. The topological polar surface area (TPSA) is 68.4 Å². The largest absolute Gasteiger partial charge is 0.384 e. The molecule has 1 unspecified atom stereocenters. The van der Waals surface area contributed by atoms with Crippen LogP contribution in [-0.4, -0.2) is 50.8 Å². The van der Waals surface area contributed by atoms with Gasteiger partial charge in [-0.25, -0.2) is 4.98 Å². The van der Waals surface area contributed by atoms with Crippen molar-refractivity contribution >= 4 is 22.3 Å². The lowest BCUT2D eigenvalue weighted by Gasteiger charge is -2.31. The fourth-order valence-electron chi connectivity index (χ4n) is 3.17. The minimum atomic E-state index is 0.363. The monoisotopic (exact) mass is 344 g/mol. The first-order valence-corrected chi connectivity index (χ1v) is 8.98. The SMILES string of the molecule is COCCc1nsc(N2CCCC(c3nnc4ccccn34)C2)n1. The van der Waals surface area contributed by atoms with E-state index in [-0.39, 0.29) is 0 Å². The molecular formula is C16H20N6OS. The third-order valence-electron chi connectivity index (χ3n) is 4.38. The number of methoxy groups -OCH3 is 1. The Morgan fingerprint density at radius 2 is 2.29 bits per heavy atom. The molecule has 0 saturated carbocycles. The van der Waals surface area contributed by atoms with Crippen LogP contribution in [0, 0.1) is 0 Å². The number of fused-ring (bicyclic) bond motifs is 1. The Morgan fingerprint density at radius 3 is 3.21 bits per heavy atom. The Hall–Kier alpha value is -2.06. The van der Waals surface area contributed by atoms with E-state index in [1.54, 1.807) is 7.11 Å². The molecule has 3 aromatic rings. The maximum absolute atomic E-state index is 5.10. The Bertz CT molecular complexity index is 816. The molecule has 1 atom stereocenters. The summed E-state index contributed by atoms with van der Waals surface area (Å²) in [7, 11) is 1.70. The van der Waals surface area contributed by atoms with Gasteiger partial charge in [0, 0.05) is 50.3 Å². The average Bonchev–Trinajstić information content (AvgIpc) is 3.27. The number of aromatic nitrogens is 5. The summed E-state index contributed by atoms with van der Waals surface area (Å²) >= 11 is 1.48. The molecule has 0 aliphatic carbocycles. The van der Waals surface area contributed by atoms with Crippen molar-refractivity contribution in [3.05, 3.63) is 36.0 Å². The Balaban J connectivity index is 1.52. The molecule has 8 heteroatoms. The zero-order valence-electron chi connectivity index (χ0n) is 13.6. The second kappa shape index (κ2) is 6.82. The molecule has 7 nitrogen and oxygen atoms in total. The van der Waals surface area contributed by atoms with Gasteiger partial charge in [-0.05, 0) is 25.0 Å². The number of anilines is 1. The highest BCUT2D eigenvalue weighted by Crippen LogP contribution is 2.30. The smallest absolute Gasteiger partial charge is 0.205 e. The Labute approximate surface area is 144 Å². The van der Waals surface area contributed by atoms with Crippen molar-refractivity contribution in [2.24, 2.45) is 0 Å². The molecule has 0 amide bonds. The van der Waals surface area contributed by atoms with Crippen molar-refractivity contribution in [2.75, 3.05) is 31.7 Å². The lowest BCUT2D eigenvalue weighted by Crippen LogP contribution is -2.35. The van der Waals surface area contributed by atoms with Crippen LogP contribution in [0.1, 0.15) is 30.4 Å². The van der Waals surface area contributed by atoms with Gasteiger partial charge < -0.3 is 9.64 Å². The van der Waals surface area contributed by atoms with Crippen LogP contribution in [0.25, 0.3) is 5.65 Å². The van der Waals surface area contributed by atoms with Gasteiger partial charge in [-0.2, -0.15) is 4.37 Å². The molecule has 4 rings (SSSR count). The van der Waals surface area contributed by atoms with Crippen LogP contribution in [0.5, 0.6) is 0 Å². The number of hydrogen-bond acceptors (Lipinski definition) is 7. The van der Waals surface area contributed by atoms with E-state index < -0.39 is 0 Å². The molecule has 1 aliphatic rings. The summed E-state index contributed by atoms with van der Waals surface area (Å²) in [6.07, 6.45) is 5.05. The summed E-state index contributed by atoms with van der Waals surface area (Å²) in [5, 5.41) is 9.71. The van der Waals surface area contributed by atoms with Crippen LogP contribution in [-0.2, 0) is 11.2 Å². The molecular weight excluding hydrogens is 324 g/mol. The van der Waals surface area contributed by atoms with Gasteiger partial charge >= 0.3 is 0 Å². The molecule has 1 saturated heterocycles. The minimum Gasteiger partial charge on any atom is -0.384 e. The number of ether oxygens (including phenoxy) is 1. The first kappa shape index (κ1) is 15.5. The molecule has 1 aliphatic heterocycles. The van der Waals surface area contributed by atoms with Crippen molar-refractivity contribution in [1.29, 1.82) is 0 Å². The standard InChI is InChI=1S/C16H20N6OS/c1-23-10-7-13-17-16(24-20-13)21-8-4-5-12(11-21)15-19-18-14-6-2-3-9-22(14)15/h2-3,6,9,12H,4-5,7-8,10-11H2,1H3. The predicted octanol–water partition coefficient (Wildman–Crippen LogP) is 2.15. The van der Waals surface area contributed by atoms with Crippen LogP contribution >= 0.6 is 11.5 Å². The van der Waals surface area contributed by atoms with E-state index in [1.807, 2.05) is 24.4 Å². The van der Waals surface area contributed by atoms with E-state index in [9.17, 15) is 0 Å². The van der Waals surface area contributed by atoms with Gasteiger partial charge in [0.2, 0.25) is 5.13 Å². The van der Waals surface area contributed by atoms with E-state index in [2.05, 4.69) is 28.9 Å². The van der Waals surface area contributed by atoms with Crippen molar-refractivity contribution in [3.63, 3.8) is 0 Å². The molecule has 4 heterocycles. The number of pyridine rings is 1. The number of nitrogens with zero attached hydrogens (tertiary/aromatic N) is 6. The van der Waals surface area contributed by atoms with Gasteiger partial charge in [-0.3, -0.25) is 4.40 Å². The van der Waals surface area contributed by atoms with Crippen molar-refractivity contribution in [2.45, 2.75) is 25.2 Å². The highest BCUT2D eigenvalue weighted by atomic mass is 32.1. The fraction of sp³-hybridized carbons (Fsp3) is 0.500. The maximum atomic E-state index is 5.10. The molecule has 1 fully saturated rings. The van der Waals surface area contributed by atoms with Crippen LogP contribution < -0.4 is 4.90 Å². The molecule has 24 heavy (non-hydrogen) atoms. The van der Waals surface area contributed by atoms with E-state index in [0.717, 1.165) is 54.8 Å². The van der Waals surface area contributed by atoms with Crippen molar-refractivity contribution in [3.8, 4) is 0 Å². The Kier molecular flexibility index (Phi) is 4.40. The highest BCUT2D eigenvalue weighted by molar-refractivity contribution is 7.09. The maximum Gasteiger partial charge on any atom is 0.205 e. The molecule has 0 radical (unpaired) electrons. The zero-order chi connectivity index (χ0) is 16.4. The van der Waals surface area contributed by atoms with Crippen LogP contribution in [0.15, 0.2) is 24.4 Å². The molecule has 126 valence electrons. The normalized spacial score (nSPS) is 18.4. The van der Waals surface area contributed by atoms with E-state index in [1.165, 1.54) is 11.5 Å². The van der Waals surface area contributed by atoms with Gasteiger partial charge in [0.25, 0.3) is 0 Å². The van der Waals surface area contributed by atoms with Crippen LogP contribution in [0.4, 0.5) is 5.13 Å². The summed E-state index contributed by atoms with van der Waals surface area (Å²) in [5.74, 6) is 2.27. The van der Waals surface area contributed by atoms with Gasteiger partial charge in [-0.15, -0.1) is 10.2 Å². The first-order chi connectivity index (χ1) is 11.8. The second-order valence-corrected chi connectivity index (χ2v) is 6.74. The first-order valence-electron chi connectivity index (χ1n) is 8.21. The summed E-state index contributed by atoms with van der Waals surface area (Å²) < 4.78 is 11.6. The Morgan fingerprint density at radius 1 is 1.33 bits per heavy atom. The van der Waals surface area contributed by atoms with Gasteiger partial charge in [0.05, 0.1) is 6.61 Å². The number of rotatable bonds is 5. The van der Waals surface area contributed by atoms with Gasteiger partial charge in [-0.1, -0.05) is 6.07 Å². The van der Waals surface area contributed by atoms with Crippen LogP contribution in [0.2, 0.25) is 0 Å². The van der Waals surface area contributed by atoms with Gasteiger partial charge in [0.1, 0.15) is 11.6 Å². The zero-order valence-corrected chi connectivity index (χ0v) is 14.4. The molecule has 0 spiro atoms. The lowest BCUT2D eigenvalue weighted by atomic mass is 9.97. The molecule has 0 N–H and O–H groups in total. The third kappa shape index (κ3) is 2.99. The van der Waals surface area contributed by atoms with Gasteiger partial charge in [0.15, 0.2) is 5.65 Å². The van der Waals surface area contributed by atoms with E-state index in [4.69, 9.17) is 4.74 Å². The third-order valence-corrected chi connectivity index (χ3v) is 5.20. The predicted molar refractivity (Wildman–Crippen MR) is 92.7 cm³/mol. The highest BCUT2D eigenvalue weighted by Gasteiger charge is 2.27. The summed E-state index contributed by atoms with van der Waals surface area (Å²) in [4.78, 5) is 6.99. The number of hydrogen-bond donors (Lipinski definition) is 0. The fourth-order valence-corrected chi connectivity index (χ4v) is 3.91.